The van der Waals surface area contributed by atoms with Crippen molar-refractivity contribution in [2.75, 3.05) is 39.3 Å². The number of carbonyl (C=O) groups is 1. The molecule has 0 spiro atoms. The Hall–Kier alpha value is -0.910. The fourth-order valence-electron chi connectivity index (χ4n) is 3.00. The number of amides is 1. The molecule has 1 saturated carbocycles. The summed E-state index contributed by atoms with van der Waals surface area (Å²) in [4.78, 5) is 19.4. The molecule has 1 aliphatic carbocycles. The average Bonchev–Trinajstić information content (AvgIpc) is 3.14. The predicted octanol–water partition coefficient (Wildman–Crippen LogP) is 1.30. The fourth-order valence-corrected chi connectivity index (χ4v) is 4.06. The van der Waals surface area contributed by atoms with Crippen LogP contribution >= 0.6 is 11.3 Å². The molecular formula is C15H22N2O2S. The molecule has 1 aromatic rings. The van der Waals surface area contributed by atoms with Crippen LogP contribution in [0.15, 0.2) is 12.1 Å². The molecule has 3 rings (SSSR count). The molecule has 2 heterocycles. The zero-order valence-corrected chi connectivity index (χ0v) is 12.7. The van der Waals surface area contributed by atoms with Gasteiger partial charge in [-0.1, -0.05) is 0 Å². The number of hydrogen-bond acceptors (Lipinski definition) is 4. The molecule has 4 nitrogen and oxygen atoms in total. The van der Waals surface area contributed by atoms with Crippen molar-refractivity contribution < 1.29 is 9.90 Å². The van der Waals surface area contributed by atoms with Gasteiger partial charge in [0.1, 0.15) is 0 Å². The maximum atomic E-state index is 12.5. The lowest BCUT2D eigenvalue weighted by molar-refractivity contribution is -0.134. The van der Waals surface area contributed by atoms with Gasteiger partial charge >= 0.3 is 0 Å². The standard InChI is InChI=1S/C15H22N2O2S/c1-11-2-3-14(20-11)12-10-13(12)15(19)17-6-4-16(5-7-17)8-9-18/h2-3,12-13,18H,4-10H2,1H3/t12-,13+/m1/s1. The second kappa shape index (κ2) is 5.84. The van der Waals surface area contributed by atoms with Gasteiger partial charge < -0.3 is 10.0 Å². The summed E-state index contributed by atoms with van der Waals surface area (Å²) in [5.41, 5.74) is 0. The van der Waals surface area contributed by atoms with Crippen LogP contribution in [0.5, 0.6) is 0 Å². The third kappa shape index (κ3) is 2.90. The van der Waals surface area contributed by atoms with Crippen molar-refractivity contribution in [2.45, 2.75) is 19.3 Å². The Labute approximate surface area is 124 Å². The van der Waals surface area contributed by atoms with E-state index in [1.165, 1.54) is 9.75 Å². The highest BCUT2D eigenvalue weighted by Crippen LogP contribution is 2.50. The summed E-state index contributed by atoms with van der Waals surface area (Å²) in [5, 5.41) is 8.93. The number of rotatable bonds is 4. The van der Waals surface area contributed by atoms with Crippen LogP contribution in [0.1, 0.15) is 22.1 Å². The SMILES string of the molecule is Cc1ccc([C@@H]2C[C@@H]2C(=O)N2CCN(CCO)CC2)s1. The minimum absolute atomic E-state index is 0.205. The van der Waals surface area contributed by atoms with E-state index in [-0.39, 0.29) is 12.5 Å². The molecular weight excluding hydrogens is 272 g/mol. The molecule has 1 N–H and O–H groups in total. The van der Waals surface area contributed by atoms with E-state index in [9.17, 15) is 4.79 Å². The normalized spacial score (nSPS) is 26.8. The summed E-state index contributed by atoms with van der Waals surface area (Å²) < 4.78 is 0. The van der Waals surface area contributed by atoms with Crippen molar-refractivity contribution in [1.82, 2.24) is 9.80 Å². The van der Waals surface area contributed by atoms with Crippen LogP contribution in [0.3, 0.4) is 0 Å². The summed E-state index contributed by atoms with van der Waals surface area (Å²) in [7, 11) is 0. The minimum atomic E-state index is 0.205. The summed E-state index contributed by atoms with van der Waals surface area (Å²) in [5.74, 6) is 1.03. The summed E-state index contributed by atoms with van der Waals surface area (Å²) in [6.07, 6.45) is 1.02. The summed E-state index contributed by atoms with van der Waals surface area (Å²) >= 11 is 1.83. The molecule has 0 radical (unpaired) electrons. The molecule has 110 valence electrons. The quantitative estimate of drug-likeness (QED) is 0.910. The van der Waals surface area contributed by atoms with Gasteiger partial charge in [0, 0.05) is 54.3 Å². The minimum Gasteiger partial charge on any atom is -0.395 e. The molecule has 0 bridgehead atoms. The second-order valence-electron chi connectivity index (χ2n) is 5.79. The monoisotopic (exact) mass is 294 g/mol. The van der Waals surface area contributed by atoms with Gasteiger partial charge in [0.2, 0.25) is 5.91 Å². The van der Waals surface area contributed by atoms with Crippen LogP contribution in [-0.4, -0.2) is 60.1 Å². The van der Waals surface area contributed by atoms with Crippen molar-refractivity contribution in [2.24, 2.45) is 5.92 Å². The summed E-state index contributed by atoms with van der Waals surface area (Å²) in [6.45, 7) is 6.45. The highest BCUT2D eigenvalue weighted by molar-refractivity contribution is 7.12. The molecule has 5 heteroatoms. The van der Waals surface area contributed by atoms with E-state index in [1.54, 1.807) is 0 Å². The number of aryl methyl sites for hydroxylation is 1. The zero-order chi connectivity index (χ0) is 14.1. The molecule has 20 heavy (non-hydrogen) atoms. The Bertz CT molecular complexity index is 480. The van der Waals surface area contributed by atoms with Gasteiger partial charge in [-0.2, -0.15) is 0 Å². The van der Waals surface area contributed by atoms with Gasteiger partial charge in [0.15, 0.2) is 0 Å². The molecule has 2 fully saturated rings. The molecule has 2 atom stereocenters. The van der Waals surface area contributed by atoms with Crippen LogP contribution in [0.4, 0.5) is 0 Å². The third-order valence-corrected chi connectivity index (χ3v) is 5.47. The molecule has 0 unspecified atom stereocenters. The Morgan fingerprint density at radius 1 is 1.35 bits per heavy atom. The molecule has 1 amide bonds. The molecule has 0 aromatic carbocycles. The lowest BCUT2D eigenvalue weighted by Crippen LogP contribution is -2.49. The lowest BCUT2D eigenvalue weighted by atomic mass is 10.2. The Morgan fingerprint density at radius 2 is 2.10 bits per heavy atom. The highest BCUT2D eigenvalue weighted by atomic mass is 32.1. The number of piperazine rings is 1. The smallest absolute Gasteiger partial charge is 0.226 e. The van der Waals surface area contributed by atoms with Crippen LogP contribution in [0.25, 0.3) is 0 Å². The van der Waals surface area contributed by atoms with Crippen LogP contribution in [0.2, 0.25) is 0 Å². The van der Waals surface area contributed by atoms with Crippen molar-refractivity contribution in [3.05, 3.63) is 21.9 Å². The number of hydrogen-bond donors (Lipinski definition) is 1. The van der Waals surface area contributed by atoms with Gasteiger partial charge in [-0.3, -0.25) is 9.69 Å². The van der Waals surface area contributed by atoms with Crippen molar-refractivity contribution >= 4 is 17.2 Å². The van der Waals surface area contributed by atoms with E-state index >= 15 is 0 Å². The third-order valence-electron chi connectivity index (χ3n) is 4.33. The molecule has 1 aliphatic heterocycles. The van der Waals surface area contributed by atoms with Crippen molar-refractivity contribution in [3.63, 3.8) is 0 Å². The Kier molecular flexibility index (Phi) is 4.10. The first kappa shape index (κ1) is 14.0. The largest absolute Gasteiger partial charge is 0.395 e. The highest BCUT2D eigenvalue weighted by Gasteiger charge is 2.46. The van der Waals surface area contributed by atoms with E-state index in [4.69, 9.17) is 5.11 Å². The second-order valence-corrected chi connectivity index (χ2v) is 7.11. The first-order valence-corrected chi connectivity index (χ1v) is 8.19. The zero-order valence-electron chi connectivity index (χ0n) is 11.9. The number of carbonyl (C=O) groups excluding carboxylic acids is 1. The van der Waals surface area contributed by atoms with Gasteiger partial charge in [-0.15, -0.1) is 11.3 Å². The first-order chi connectivity index (χ1) is 9.69. The summed E-state index contributed by atoms with van der Waals surface area (Å²) in [6, 6.07) is 4.32. The average molecular weight is 294 g/mol. The van der Waals surface area contributed by atoms with E-state index in [0.29, 0.717) is 11.8 Å². The van der Waals surface area contributed by atoms with Crippen LogP contribution in [-0.2, 0) is 4.79 Å². The van der Waals surface area contributed by atoms with Gasteiger partial charge in [-0.25, -0.2) is 0 Å². The molecule has 1 saturated heterocycles. The molecule has 2 aliphatic rings. The van der Waals surface area contributed by atoms with Crippen LogP contribution < -0.4 is 0 Å². The van der Waals surface area contributed by atoms with Crippen molar-refractivity contribution in [1.29, 1.82) is 0 Å². The van der Waals surface area contributed by atoms with E-state index in [1.807, 2.05) is 16.2 Å². The van der Waals surface area contributed by atoms with Gasteiger partial charge in [-0.05, 0) is 25.5 Å². The topological polar surface area (TPSA) is 43.8 Å². The number of aliphatic hydroxyl groups is 1. The van der Waals surface area contributed by atoms with Gasteiger partial charge in [0.25, 0.3) is 0 Å². The number of β-amino-alcohol motifs (C(OH)–C–C–N with tert-alkyl or cyclic N) is 1. The number of thiophene rings is 1. The molecule has 1 aromatic heterocycles. The van der Waals surface area contributed by atoms with Crippen LogP contribution in [0, 0.1) is 12.8 Å². The predicted molar refractivity (Wildman–Crippen MR) is 80.0 cm³/mol. The van der Waals surface area contributed by atoms with E-state index in [0.717, 1.165) is 39.1 Å². The van der Waals surface area contributed by atoms with Gasteiger partial charge in [0.05, 0.1) is 6.61 Å². The maximum Gasteiger partial charge on any atom is 0.226 e. The number of nitrogens with zero attached hydrogens (tertiary/aromatic N) is 2. The Morgan fingerprint density at radius 3 is 2.70 bits per heavy atom. The van der Waals surface area contributed by atoms with Crippen molar-refractivity contribution in [3.8, 4) is 0 Å². The van der Waals surface area contributed by atoms with E-state index < -0.39 is 0 Å². The Balaban J connectivity index is 1.51. The fraction of sp³-hybridized carbons (Fsp3) is 0.667. The lowest BCUT2D eigenvalue weighted by Gasteiger charge is -2.34. The van der Waals surface area contributed by atoms with E-state index in [2.05, 4.69) is 24.0 Å². The number of aliphatic hydroxyl groups excluding tert-OH is 1. The maximum absolute atomic E-state index is 12.5. The first-order valence-electron chi connectivity index (χ1n) is 7.37.